The van der Waals surface area contributed by atoms with E-state index in [0.717, 1.165) is 19.5 Å². The lowest BCUT2D eigenvalue weighted by atomic mass is 10.0. The molecular formula is C15H22N2O. The molecule has 98 valence electrons. The van der Waals surface area contributed by atoms with E-state index >= 15 is 0 Å². The van der Waals surface area contributed by atoms with Crippen molar-refractivity contribution in [2.75, 3.05) is 13.1 Å². The van der Waals surface area contributed by atoms with E-state index in [2.05, 4.69) is 49.6 Å². The van der Waals surface area contributed by atoms with Gasteiger partial charge in [0, 0.05) is 6.54 Å². The van der Waals surface area contributed by atoms with Gasteiger partial charge in [0.15, 0.2) is 0 Å². The van der Waals surface area contributed by atoms with Crippen LogP contribution in [0.2, 0.25) is 0 Å². The molecule has 1 aromatic carbocycles. The first-order chi connectivity index (χ1) is 8.56. The number of hydrogen-bond donors (Lipinski definition) is 2. The van der Waals surface area contributed by atoms with Crippen LogP contribution in [-0.4, -0.2) is 19.0 Å². The molecule has 0 spiro atoms. The van der Waals surface area contributed by atoms with Gasteiger partial charge in [0.05, 0.1) is 12.0 Å². The van der Waals surface area contributed by atoms with Crippen LogP contribution in [0.4, 0.5) is 0 Å². The summed E-state index contributed by atoms with van der Waals surface area (Å²) in [7, 11) is 0. The third-order valence-corrected chi connectivity index (χ3v) is 3.53. The number of hydrogen-bond acceptors (Lipinski definition) is 2. The van der Waals surface area contributed by atoms with Crippen molar-refractivity contribution in [1.82, 2.24) is 10.6 Å². The Morgan fingerprint density at radius 1 is 1.33 bits per heavy atom. The SMILES string of the molecule is Cc1cc(C)cc(C(C)NC(=O)C2CCNC2)c1. The molecule has 1 heterocycles. The summed E-state index contributed by atoms with van der Waals surface area (Å²) in [5, 5.41) is 6.34. The Morgan fingerprint density at radius 2 is 2.00 bits per heavy atom. The second-order valence-electron chi connectivity index (χ2n) is 5.34. The highest BCUT2D eigenvalue weighted by Gasteiger charge is 2.23. The average molecular weight is 246 g/mol. The molecular weight excluding hydrogens is 224 g/mol. The van der Waals surface area contributed by atoms with Crippen LogP contribution in [0.5, 0.6) is 0 Å². The van der Waals surface area contributed by atoms with Crippen LogP contribution >= 0.6 is 0 Å². The van der Waals surface area contributed by atoms with Gasteiger partial charge in [0.25, 0.3) is 0 Å². The van der Waals surface area contributed by atoms with Crippen molar-refractivity contribution in [3.05, 3.63) is 34.9 Å². The first-order valence-electron chi connectivity index (χ1n) is 6.65. The Balaban J connectivity index is 2.02. The largest absolute Gasteiger partial charge is 0.349 e. The molecule has 0 aliphatic carbocycles. The van der Waals surface area contributed by atoms with Crippen LogP contribution < -0.4 is 10.6 Å². The molecule has 1 aliphatic rings. The van der Waals surface area contributed by atoms with Gasteiger partial charge < -0.3 is 10.6 Å². The lowest BCUT2D eigenvalue weighted by Crippen LogP contribution is -2.33. The summed E-state index contributed by atoms with van der Waals surface area (Å²) < 4.78 is 0. The maximum atomic E-state index is 12.0. The van der Waals surface area contributed by atoms with Crippen molar-refractivity contribution in [2.24, 2.45) is 5.92 Å². The predicted molar refractivity (Wildman–Crippen MR) is 73.5 cm³/mol. The minimum atomic E-state index is 0.0803. The molecule has 0 bridgehead atoms. The van der Waals surface area contributed by atoms with E-state index in [0.29, 0.717) is 0 Å². The first kappa shape index (κ1) is 13.1. The van der Waals surface area contributed by atoms with Crippen LogP contribution in [0, 0.1) is 19.8 Å². The Labute approximate surface area is 109 Å². The van der Waals surface area contributed by atoms with Crippen molar-refractivity contribution in [1.29, 1.82) is 0 Å². The minimum Gasteiger partial charge on any atom is -0.349 e. The fraction of sp³-hybridized carbons (Fsp3) is 0.533. The number of rotatable bonds is 3. The molecule has 1 saturated heterocycles. The molecule has 0 saturated carbocycles. The summed E-state index contributed by atoms with van der Waals surface area (Å²) >= 11 is 0. The number of carbonyl (C=O) groups excluding carboxylic acids is 1. The van der Waals surface area contributed by atoms with E-state index in [1.165, 1.54) is 16.7 Å². The monoisotopic (exact) mass is 246 g/mol. The van der Waals surface area contributed by atoms with E-state index in [9.17, 15) is 4.79 Å². The Morgan fingerprint density at radius 3 is 2.56 bits per heavy atom. The smallest absolute Gasteiger partial charge is 0.224 e. The fourth-order valence-electron chi connectivity index (χ4n) is 2.55. The zero-order valence-electron chi connectivity index (χ0n) is 11.4. The van der Waals surface area contributed by atoms with E-state index in [1.807, 2.05) is 0 Å². The van der Waals surface area contributed by atoms with E-state index in [1.54, 1.807) is 0 Å². The molecule has 2 atom stereocenters. The van der Waals surface area contributed by atoms with Gasteiger partial charge >= 0.3 is 0 Å². The number of carbonyl (C=O) groups is 1. The normalized spacial score (nSPS) is 20.7. The number of nitrogens with one attached hydrogen (secondary N) is 2. The van der Waals surface area contributed by atoms with Gasteiger partial charge in [-0.1, -0.05) is 29.3 Å². The number of amides is 1. The molecule has 1 aromatic rings. The summed E-state index contributed by atoms with van der Waals surface area (Å²) in [6.07, 6.45) is 0.950. The van der Waals surface area contributed by atoms with Crippen LogP contribution in [0.3, 0.4) is 0 Å². The molecule has 2 N–H and O–H groups in total. The topological polar surface area (TPSA) is 41.1 Å². The first-order valence-corrected chi connectivity index (χ1v) is 6.65. The molecule has 2 unspecified atom stereocenters. The molecule has 3 nitrogen and oxygen atoms in total. The van der Waals surface area contributed by atoms with Crippen molar-refractivity contribution >= 4 is 5.91 Å². The molecule has 18 heavy (non-hydrogen) atoms. The van der Waals surface area contributed by atoms with Gasteiger partial charge in [-0.2, -0.15) is 0 Å². The highest BCUT2D eigenvalue weighted by Crippen LogP contribution is 2.18. The van der Waals surface area contributed by atoms with Gasteiger partial charge in [0.1, 0.15) is 0 Å². The highest BCUT2D eigenvalue weighted by molar-refractivity contribution is 5.79. The summed E-state index contributed by atoms with van der Waals surface area (Å²) in [4.78, 5) is 12.0. The summed E-state index contributed by atoms with van der Waals surface area (Å²) in [5.41, 5.74) is 3.68. The van der Waals surface area contributed by atoms with Gasteiger partial charge in [0.2, 0.25) is 5.91 Å². The van der Waals surface area contributed by atoms with Crippen molar-refractivity contribution < 1.29 is 4.79 Å². The van der Waals surface area contributed by atoms with E-state index < -0.39 is 0 Å². The molecule has 3 heteroatoms. The van der Waals surface area contributed by atoms with E-state index in [-0.39, 0.29) is 17.9 Å². The summed E-state index contributed by atoms with van der Waals surface area (Å²) in [6, 6.07) is 6.52. The van der Waals surface area contributed by atoms with Crippen molar-refractivity contribution in [3.63, 3.8) is 0 Å². The molecule has 1 aliphatic heterocycles. The molecule has 1 fully saturated rings. The van der Waals surface area contributed by atoms with Gasteiger partial charge in [-0.05, 0) is 39.3 Å². The van der Waals surface area contributed by atoms with Crippen LogP contribution in [0.15, 0.2) is 18.2 Å². The minimum absolute atomic E-state index is 0.0803. The Kier molecular flexibility index (Phi) is 4.02. The molecule has 2 rings (SSSR count). The third kappa shape index (κ3) is 3.10. The third-order valence-electron chi connectivity index (χ3n) is 3.53. The van der Waals surface area contributed by atoms with Gasteiger partial charge in [-0.15, -0.1) is 0 Å². The molecule has 1 amide bonds. The Bertz CT molecular complexity index is 416. The predicted octanol–water partition coefficient (Wildman–Crippen LogP) is 2.09. The second-order valence-corrected chi connectivity index (χ2v) is 5.34. The molecule has 0 radical (unpaired) electrons. The quantitative estimate of drug-likeness (QED) is 0.857. The average Bonchev–Trinajstić information content (AvgIpc) is 2.80. The Hall–Kier alpha value is -1.35. The second kappa shape index (κ2) is 5.53. The summed E-state index contributed by atoms with van der Waals surface area (Å²) in [6.45, 7) is 7.99. The maximum absolute atomic E-state index is 12.0. The van der Waals surface area contributed by atoms with Crippen LogP contribution in [0.25, 0.3) is 0 Å². The van der Waals surface area contributed by atoms with Crippen molar-refractivity contribution in [3.8, 4) is 0 Å². The zero-order chi connectivity index (χ0) is 13.1. The zero-order valence-corrected chi connectivity index (χ0v) is 11.4. The number of benzene rings is 1. The lowest BCUT2D eigenvalue weighted by molar-refractivity contribution is -0.125. The fourth-order valence-corrected chi connectivity index (χ4v) is 2.55. The summed E-state index contributed by atoms with van der Waals surface area (Å²) in [5.74, 6) is 0.310. The van der Waals surface area contributed by atoms with Gasteiger partial charge in [-0.3, -0.25) is 4.79 Å². The lowest BCUT2D eigenvalue weighted by Gasteiger charge is -2.18. The van der Waals surface area contributed by atoms with E-state index in [4.69, 9.17) is 0 Å². The maximum Gasteiger partial charge on any atom is 0.224 e. The van der Waals surface area contributed by atoms with Crippen molar-refractivity contribution in [2.45, 2.75) is 33.2 Å². The van der Waals surface area contributed by atoms with Gasteiger partial charge in [-0.25, -0.2) is 0 Å². The van der Waals surface area contributed by atoms with Crippen LogP contribution in [0.1, 0.15) is 36.1 Å². The van der Waals surface area contributed by atoms with Crippen LogP contribution in [-0.2, 0) is 4.79 Å². The number of aryl methyl sites for hydroxylation is 2. The highest BCUT2D eigenvalue weighted by atomic mass is 16.2. The molecule has 0 aromatic heterocycles. The standard InChI is InChI=1S/C15H22N2O/c1-10-6-11(2)8-14(7-10)12(3)17-15(18)13-4-5-16-9-13/h6-8,12-13,16H,4-5,9H2,1-3H3,(H,17,18).